The third-order valence-corrected chi connectivity index (χ3v) is 5.47. The summed E-state index contributed by atoms with van der Waals surface area (Å²) in [5.74, 6) is 0.887. The Morgan fingerprint density at radius 1 is 1.13 bits per heavy atom. The van der Waals surface area contributed by atoms with Gasteiger partial charge in [-0.15, -0.1) is 0 Å². The number of para-hydroxylation sites is 1. The summed E-state index contributed by atoms with van der Waals surface area (Å²) in [4.78, 5) is 28.0. The number of rotatable bonds is 7. The summed E-state index contributed by atoms with van der Waals surface area (Å²) in [5, 5.41) is 1.06. The van der Waals surface area contributed by atoms with Crippen molar-refractivity contribution in [2.75, 3.05) is 25.1 Å². The van der Waals surface area contributed by atoms with E-state index in [2.05, 4.69) is 6.92 Å². The lowest BCUT2D eigenvalue weighted by atomic mass is 10.1. The van der Waals surface area contributed by atoms with Gasteiger partial charge in [0.05, 0.1) is 6.54 Å². The van der Waals surface area contributed by atoms with Crippen LogP contribution in [0.3, 0.4) is 0 Å². The molecule has 0 spiro atoms. The lowest BCUT2D eigenvalue weighted by Crippen LogP contribution is -2.27. The number of anilines is 1. The fourth-order valence-corrected chi connectivity index (χ4v) is 3.80. The van der Waals surface area contributed by atoms with Gasteiger partial charge in [0.15, 0.2) is 0 Å². The lowest BCUT2D eigenvalue weighted by molar-refractivity contribution is 0.0785. The molecule has 0 aliphatic carbocycles. The maximum atomic E-state index is 13.0. The van der Waals surface area contributed by atoms with Gasteiger partial charge in [0.1, 0.15) is 18.0 Å². The Morgan fingerprint density at radius 3 is 2.60 bits per heavy atom. The summed E-state index contributed by atoms with van der Waals surface area (Å²) in [6.07, 6.45) is 2.65. The van der Waals surface area contributed by atoms with Crippen molar-refractivity contribution in [3.8, 4) is 0 Å². The first-order valence-corrected chi connectivity index (χ1v) is 10.4. The first-order chi connectivity index (χ1) is 14.6. The minimum absolute atomic E-state index is 0.0720. The first-order valence-electron chi connectivity index (χ1n) is 10.4. The van der Waals surface area contributed by atoms with Crippen LogP contribution in [0, 0.1) is 0 Å². The zero-order valence-electron chi connectivity index (χ0n) is 17.4. The topological polar surface area (TPSA) is 63.0 Å². The number of furan rings is 1. The van der Waals surface area contributed by atoms with Crippen molar-refractivity contribution in [2.24, 2.45) is 0 Å². The number of benzene rings is 2. The number of aryl methyl sites for hydroxylation is 1. The fourth-order valence-electron chi connectivity index (χ4n) is 3.80. The summed E-state index contributed by atoms with van der Waals surface area (Å²) in [6.45, 7) is 3.56. The second-order valence-electron chi connectivity index (χ2n) is 7.58. The molecule has 30 heavy (non-hydrogen) atoms. The van der Waals surface area contributed by atoms with Crippen LogP contribution in [-0.4, -0.2) is 37.1 Å². The maximum Gasteiger partial charge on any atom is 0.414 e. The summed E-state index contributed by atoms with van der Waals surface area (Å²) in [6, 6.07) is 15.1. The van der Waals surface area contributed by atoms with Gasteiger partial charge >= 0.3 is 6.09 Å². The monoisotopic (exact) mass is 406 g/mol. The highest BCUT2D eigenvalue weighted by Gasteiger charge is 2.24. The molecule has 0 unspecified atom stereocenters. The minimum atomic E-state index is -0.349. The molecule has 1 aliphatic rings. The van der Waals surface area contributed by atoms with Gasteiger partial charge in [0.25, 0.3) is 5.91 Å². The van der Waals surface area contributed by atoms with Crippen molar-refractivity contribution >= 4 is 28.7 Å². The molecule has 0 bridgehead atoms. The van der Waals surface area contributed by atoms with Crippen molar-refractivity contribution < 1.29 is 18.7 Å². The first kappa shape index (κ1) is 20.0. The van der Waals surface area contributed by atoms with Gasteiger partial charge in [0.2, 0.25) is 0 Å². The van der Waals surface area contributed by atoms with Crippen LogP contribution in [0.25, 0.3) is 11.0 Å². The highest BCUT2D eigenvalue weighted by molar-refractivity contribution is 5.96. The Labute approximate surface area is 176 Å². The van der Waals surface area contributed by atoms with Gasteiger partial charge in [0, 0.05) is 42.2 Å². The predicted molar refractivity (Wildman–Crippen MR) is 116 cm³/mol. The normalized spacial score (nSPS) is 13.7. The minimum Gasteiger partial charge on any atom is -0.461 e. The van der Waals surface area contributed by atoms with Crippen LogP contribution in [0.15, 0.2) is 52.9 Å². The van der Waals surface area contributed by atoms with Crippen molar-refractivity contribution in [2.45, 2.75) is 32.7 Å². The molecule has 4 rings (SSSR count). The van der Waals surface area contributed by atoms with E-state index in [1.165, 1.54) is 0 Å². The van der Waals surface area contributed by atoms with E-state index in [1.54, 1.807) is 41.1 Å². The van der Waals surface area contributed by atoms with Gasteiger partial charge in [-0.05, 0) is 36.8 Å². The van der Waals surface area contributed by atoms with Gasteiger partial charge in [-0.2, -0.15) is 0 Å². The molecule has 6 nitrogen and oxygen atoms in total. The van der Waals surface area contributed by atoms with Crippen LogP contribution in [0.4, 0.5) is 10.5 Å². The van der Waals surface area contributed by atoms with Crippen molar-refractivity contribution in [1.29, 1.82) is 0 Å². The summed E-state index contributed by atoms with van der Waals surface area (Å²) < 4.78 is 11.1. The SMILES string of the molecule is CCCCc1oc2ccccc2c1CN(C)C(=O)c1ccc(N2CCOC2=O)cc1. The van der Waals surface area contributed by atoms with Crippen LogP contribution >= 0.6 is 0 Å². The van der Waals surface area contributed by atoms with Crippen LogP contribution in [0.2, 0.25) is 0 Å². The molecule has 0 atom stereocenters. The van der Waals surface area contributed by atoms with E-state index in [-0.39, 0.29) is 12.0 Å². The highest BCUT2D eigenvalue weighted by atomic mass is 16.6. The second-order valence-corrected chi connectivity index (χ2v) is 7.58. The van der Waals surface area contributed by atoms with Crippen LogP contribution < -0.4 is 4.90 Å². The summed E-state index contributed by atoms with van der Waals surface area (Å²) in [7, 11) is 1.81. The molecule has 2 amide bonds. The van der Waals surface area contributed by atoms with E-state index in [1.807, 2.05) is 24.3 Å². The Bertz CT molecular complexity index is 1050. The molecule has 1 aromatic heterocycles. The maximum absolute atomic E-state index is 13.0. The Hall–Kier alpha value is -3.28. The molecule has 0 saturated carbocycles. The molecule has 2 aromatic carbocycles. The quantitative estimate of drug-likeness (QED) is 0.554. The molecule has 6 heteroatoms. The number of fused-ring (bicyclic) bond motifs is 1. The van der Waals surface area contributed by atoms with E-state index in [4.69, 9.17) is 9.15 Å². The summed E-state index contributed by atoms with van der Waals surface area (Å²) in [5.41, 5.74) is 3.25. The number of hydrogen-bond donors (Lipinski definition) is 0. The van der Waals surface area contributed by atoms with E-state index in [9.17, 15) is 9.59 Å². The number of amides is 2. The van der Waals surface area contributed by atoms with Gasteiger partial charge in [-0.1, -0.05) is 31.5 Å². The molecule has 156 valence electrons. The molecular weight excluding hydrogens is 380 g/mol. The largest absolute Gasteiger partial charge is 0.461 e. The van der Waals surface area contributed by atoms with Crippen molar-refractivity contribution in [3.05, 3.63) is 65.4 Å². The third-order valence-electron chi connectivity index (χ3n) is 5.47. The Balaban J connectivity index is 1.53. The fraction of sp³-hybridized carbons (Fsp3) is 0.333. The Morgan fingerprint density at radius 2 is 1.90 bits per heavy atom. The number of unbranched alkanes of at least 4 members (excludes halogenated alkanes) is 1. The zero-order valence-corrected chi connectivity index (χ0v) is 17.4. The van der Waals surface area contributed by atoms with E-state index in [0.29, 0.717) is 25.3 Å². The molecule has 3 aromatic rings. The molecule has 1 saturated heterocycles. The molecule has 0 N–H and O–H groups in total. The number of carbonyl (C=O) groups is 2. The van der Waals surface area contributed by atoms with Crippen LogP contribution in [0.1, 0.15) is 41.4 Å². The lowest BCUT2D eigenvalue weighted by Gasteiger charge is -2.18. The van der Waals surface area contributed by atoms with Crippen LogP contribution in [-0.2, 0) is 17.7 Å². The number of hydrogen-bond acceptors (Lipinski definition) is 4. The van der Waals surface area contributed by atoms with E-state index in [0.717, 1.165) is 47.2 Å². The molecule has 1 aliphatic heterocycles. The highest BCUT2D eigenvalue weighted by Crippen LogP contribution is 2.29. The van der Waals surface area contributed by atoms with Gasteiger partial charge < -0.3 is 14.1 Å². The summed E-state index contributed by atoms with van der Waals surface area (Å²) >= 11 is 0. The molecular formula is C24H26N2O4. The van der Waals surface area contributed by atoms with Gasteiger partial charge in [-0.3, -0.25) is 9.69 Å². The van der Waals surface area contributed by atoms with Crippen LogP contribution in [0.5, 0.6) is 0 Å². The third kappa shape index (κ3) is 3.90. The van der Waals surface area contributed by atoms with Crippen molar-refractivity contribution in [3.63, 3.8) is 0 Å². The Kier molecular flexibility index (Phi) is 5.74. The molecule has 1 fully saturated rings. The predicted octanol–water partition coefficient (Wildman–Crippen LogP) is 5.00. The zero-order chi connectivity index (χ0) is 21.1. The number of nitrogens with zero attached hydrogens (tertiary/aromatic N) is 2. The average Bonchev–Trinajstić information content (AvgIpc) is 3.35. The molecule has 2 heterocycles. The van der Waals surface area contributed by atoms with E-state index >= 15 is 0 Å². The number of carbonyl (C=O) groups excluding carboxylic acids is 2. The van der Waals surface area contributed by atoms with E-state index < -0.39 is 0 Å². The van der Waals surface area contributed by atoms with Crippen molar-refractivity contribution in [1.82, 2.24) is 4.90 Å². The van der Waals surface area contributed by atoms with Gasteiger partial charge in [-0.25, -0.2) is 4.79 Å². The average molecular weight is 406 g/mol. The number of cyclic esters (lactones) is 1. The smallest absolute Gasteiger partial charge is 0.414 e. The number of ether oxygens (including phenoxy) is 1. The standard InChI is InChI=1S/C24H26N2O4/c1-3-4-8-22-20(19-7-5-6-9-21(19)30-22)16-25(2)23(27)17-10-12-18(13-11-17)26-14-15-29-24(26)28/h5-7,9-13H,3-4,8,14-16H2,1-2H3. The second kappa shape index (κ2) is 8.61. The molecule has 0 radical (unpaired) electrons.